The highest BCUT2D eigenvalue weighted by Gasteiger charge is 2.16. The molecule has 0 radical (unpaired) electrons. The first-order chi connectivity index (χ1) is 10.3. The van der Waals surface area contributed by atoms with E-state index in [1.54, 1.807) is 31.6 Å². The fourth-order valence-electron chi connectivity index (χ4n) is 2.04. The molecule has 6 nitrogen and oxygen atoms in total. The lowest BCUT2D eigenvalue weighted by atomic mass is 10.1. The molecule has 0 bridgehead atoms. The van der Waals surface area contributed by atoms with E-state index in [9.17, 15) is 0 Å². The predicted molar refractivity (Wildman–Crippen MR) is 75.9 cm³/mol. The topological polar surface area (TPSA) is 76.6 Å². The fraction of sp³-hybridized carbons (Fsp3) is 0.0667. The number of nitrogens with zero attached hydrogens (tertiary/aromatic N) is 5. The maximum Gasteiger partial charge on any atom is 0.251 e. The smallest absolute Gasteiger partial charge is 0.251 e. The Morgan fingerprint density at radius 3 is 2.62 bits per heavy atom. The predicted octanol–water partition coefficient (Wildman–Crippen LogP) is 2.21. The average molecular weight is 277 g/mol. The molecule has 1 aromatic carbocycles. The molecule has 0 amide bonds. The van der Waals surface area contributed by atoms with Gasteiger partial charge in [0.25, 0.3) is 5.95 Å². The maximum atomic E-state index is 9.10. The van der Waals surface area contributed by atoms with E-state index in [0.717, 1.165) is 5.56 Å². The lowest BCUT2D eigenvalue weighted by molar-refractivity contribution is 0.416. The maximum absolute atomic E-state index is 9.10. The van der Waals surface area contributed by atoms with Gasteiger partial charge in [-0.25, -0.2) is 9.97 Å². The van der Waals surface area contributed by atoms with Crippen molar-refractivity contribution in [3.8, 4) is 29.0 Å². The molecule has 0 unspecified atom stereocenters. The van der Waals surface area contributed by atoms with Crippen LogP contribution in [-0.4, -0.2) is 26.9 Å². The summed E-state index contributed by atoms with van der Waals surface area (Å²) in [7, 11) is 1.60. The van der Waals surface area contributed by atoms with E-state index in [4.69, 9.17) is 10.00 Å². The third-order valence-electron chi connectivity index (χ3n) is 2.95. The second-order valence-corrected chi connectivity index (χ2v) is 4.19. The third kappa shape index (κ3) is 2.32. The van der Waals surface area contributed by atoms with Crippen LogP contribution in [0, 0.1) is 11.3 Å². The summed E-state index contributed by atoms with van der Waals surface area (Å²) >= 11 is 0. The van der Waals surface area contributed by atoms with Gasteiger partial charge in [0.15, 0.2) is 5.69 Å². The number of hydrogen-bond acceptors (Lipinski definition) is 5. The van der Waals surface area contributed by atoms with E-state index < -0.39 is 0 Å². The number of benzene rings is 1. The summed E-state index contributed by atoms with van der Waals surface area (Å²) in [5.74, 6) is 1.10. The first-order valence-electron chi connectivity index (χ1n) is 6.24. The van der Waals surface area contributed by atoms with Crippen LogP contribution in [0.1, 0.15) is 5.69 Å². The summed E-state index contributed by atoms with van der Waals surface area (Å²) in [6.45, 7) is 0. The van der Waals surface area contributed by atoms with Crippen LogP contribution in [0.15, 0.2) is 48.8 Å². The van der Waals surface area contributed by atoms with Gasteiger partial charge in [0.1, 0.15) is 11.8 Å². The fourth-order valence-corrected chi connectivity index (χ4v) is 2.04. The van der Waals surface area contributed by atoms with Crippen LogP contribution in [0.2, 0.25) is 0 Å². The minimum Gasteiger partial charge on any atom is -0.496 e. The van der Waals surface area contributed by atoms with Crippen LogP contribution in [-0.2, 0) is 0 Å². The molecule has 3 rings (SSSR count). The van der Waals surface area contributed by atoms with Gasteiger partial charge in [0.05, 0.1) is 12.8 Å². The number of hydrogen-bond donors (Lipinski definition) is 0. The van der Waals surface area contributed by atoms with Gasteiger partial charge in [-0.3, -0.25) is 0 Å². The zero-order chi connectivity index (χ0) is 14.7. The summed E-state index contributed by atoms with van der Waals surface area (Å²) in [5.41, 5.74) is 1.82. The Kier molecular flexibility index (Phi) is 3.31. The van der Waals surface area contributed by atoms with Crippen molar-refractivity contribution in [3.05, 3.63) is 54.5 Å². The van der Waals surface area contributed by atoms with Gasteiger partial charge in [-0.2, -0.15) is 15.0 Å². The first-order valence-corrected chi connectivity index (χ1v) is 6.24. The van der Waals surface area contributed by atoms with Crippen molar-refractivity contribution in [2.75, 3.05) is 7.11 Å². The van der Waals surface area contributed by atoms with Crippen molar-refractivity contribution >= 4 is 0 Å². The third-order valence-corrected chi connectivity index (χ3v) is 2.95. The molecular formula is C15H11N5O. The van der Waals surface area contributed by atoms with Crippen LogP contribution in [0.4, 0.5) is 0 Å². The first kappa shape index (κ1) is 12.8. The molecule has 102 valence electrons. The number of rotatable bonds is 3. The van der Waals surface area contributed by atoms with E-state index in [1.807, 2.05) is 30.3 Å². The average Bonchev–Trinajstić information content (AvgIpc) is 3.00. The second-order valence-electron chi connectivity index (χ2n) is 4.19. The van der Waals surface area contributed by atoms with Crippen molar-refractivity contribution in [2.45, 2.75) is 0 Å². The van der Waals surface area contributed by atoms with Gasteiger partial charge in [-0.1, -0.05) is 12.1 Å². The summed E-state index contributed by atoms with van der Waals surface area (Å²) < 4.78 is 6.91. The van der Waals surface area contributed by atoms with Crippen molar-refractivity contribution in [1.29, 1.82) is 5.26 Å². The molecule has 0 spiro atoms. The van der Waals surface area contributed by atoms with Crippen LogP contribution in [0.3, 0.4) is 0 Å². The molecule has 0 aliphatic carbocycles. The Balaban J connectivity index is 2.23. The molecule has 0 atom stereocenters. The highest BCUT2D eigenvalue weighted by Crippen LogP contribution is 2.30. The summed E-state index contributed by atoms with van der Waals surface area (Å²) in [6.07, 6.45) is 3.25. The highest BCUT2D eigenvalue weighted by molar-refractivity contribution is 5.69. The number of methoxy groups -OCH3 is 1. The van der Waals surface area contributed by atoms with Gasteiger partial charge >= 0.3 is 0 Å². The Labute approximate surface area is 121 Å². The van der Waals surface area contributed by atoms with Gasteiger partial charge in [-0.05, 0) is 18.2 Å². The zero-order valence-corrected chi connectivity index (χ0v) is 11.3. The molecule has 2 aromatic heterocycles. The number of aromatic nitrogens is 4. The largest absolute Gasteiger partial charge is 0.496 e. The summed E-state index contributed by atoms with van der Waals surface area (Å²) in [4.78, 5) is 8.35. The van der Waals surface area contributed by atoms with Gasteiger partial charge in [-0.15, -0.1) is 0 Å². The molecule has 0 saturated heterocycles. The van der Waals surface area contributed by atoms with E-state index in [0.29, 0.717) is 23.1 Å². The molecule has 21 heavy (non-hydrogen) atoms. The molecule has 0 aliphatic heterocycles. The Morgan fingerprint density at radius 1 is 1.14 bits per heavy atom. The van der Waals surface area contributed by atoms with Crippen LogP contribution < -0.4 is 4.74 Å². The van der Waals surface area contributed by atoms with Crippen molar-refractivity contribution in [2.24, 2.45) is 0 Å². The molecule has 0 fully saturated rings. The molecule has 3 aromatic rings. The zero-order valence-electron chi connectivity index (χ0n) is 11.3. The van der Waals surface area contributed by atoms with Crippen LogP contribution in [0.5, 0.6) is 5.75 Å². The minimum absolute atomic E-state index is 0.295. The van der Waals surface area contributed by atoms with Crippen LogP contribution in [0.25, 0.3) is 17.2 Å². The standard InChI is InChI=1S/C15H11N5O/c1-21-14-6-3-2-5-12(14)13-9-11(10-16)19-20(13)15-17-7-4-8-18-15/h2-9H,1H3. The minimum atomic E-state index is 0.295. The molecule has 0 saturated carbocycles. The van der Waals surface area contributed by atoms with Crippen molar-refractivity contribution in [3.63, 3.8) is 0 Å². The number of ether oxygens (including phenoxy) is 1. The monoisotopic (exact) mass is 277 g/mol. The van der Waals surface area contributed by atoms with E-state index in [1.165, 1.54) is 4.68 Å². The van der Waals surface area contributed by atoms with E-state index in [-0.39, 0.29) is 0 Å². The SMILES string of the molecule is COc1ccccc1-c1cc(C#N)nn1-c1ncccn1. The van der Waals surface area contributed by atoms with Gasteiger partial charge in [0, 0.05) is 24.0 Å². The second kappa shape index (κ2) is 5.43. The highest BCUT2D eigenvalue weighted by atomic mass is 16.5. The summed E-state index contributed by atoms with van der Waals surface area (Å²) in [6, 6.07) is 13.0. The van der Waals surface area contributed by atoms with E-state index >= 15 is 0 Å². The molecular weight excluding hydrogens is 266 g/mol. The van der Waals surface area contributed by atoms with Crippen molar-refractivity contribution in [1.82, 2.24) is 19.7 Å². The Bertz CT molecular complexity index is 804. The van der Waals surface area contributed by atoms with E-state index in [2.05, 4.69) is 15.1 Å². The molecule has 2 heterocycles. The number of nitriles is 1. The summed E-state index contributed by atoms with van der Waals surface area (Å²) in [5, 5.41) is 13.3. The van der Waals surface area contributed by atoms with Gasteiger partial charge in [0.2, 0.25) is 0 Å². The van der Waals surface area contributed by atoms with Crippen LogP contribution >= 0.6 is 0 Å². The quantitative estimate of drug-likeness (QED) is 0.733. The number of para-hydroxylation sites is 1. The Hall–Kier alpha value is -3.20. The lowest BCUT2D eigenvalue weighted by Crippen LogP contribution is -2.04. The van der Waals surface area contributed by atoms with Crippen molar-refractivity contribution < 1.29 is 4.74 Å². The molecule has 6 heteroatoms. The van der Waals surface area contributed by atoms with Gasteiger partial charge < -0.3 is 4.74 Å². The normalized spacial score (nSPS) is 10.1. The lowest BCUT2D eigenvalue weighted by Gasteiger charge is -2.09. The Morgan fingerprint density at radius 2 is 1.90 bits per heavy atom. The molecule has 0 N–H and O–H groups in total. The molecule has 0 aliphatic rings.